The summed E-state index contributed by atoms with van der Waals surface area (Å²) in [7, 11) is -7.94. The van der Waals surface area contributed by atoms with Crippen LogP contribution in [-0.2, 0) is 24.8 Å². The molecule has 1 N–H and O–H groups in total. The fourth-order valence-corrected chi connectivity index (χ4v) is 6.78. The number of aromatic nitrogens is 1. The van der Waals surface area contributed by atoms with Gasteiger partial charge in [-0.25, -0.2) is 25.5 Å². The molecule has 8 nitrogen and oxygen atoms in total. The van der Waals surface area contributed by atoms with Crippen molar-refractivity contribution >= 4 is 30.9 Å². The zero-order valence-corrected chi connectivity index (χ0v) is 20.4. The number of hydrogen-bond acceptors (Lipinski definition) is 6. The number of rotatable bonds is 8. The first-order valence-electron chi connectivity index (χ1n) is 11.0. The monoisotopic (exact) mass is 491 g/mol. The zero-order valence-electron chi connectivity index (χ0n) is 18.8. The second kappa shape index (κ2) is 9.55. The van der Waals surface area contributed by atoms with E-state index in [4.69, 9.17) is 4.74 Å². The van der Waals surface area contributed by atoms with E-state index in [2.05, 4.69) is 9.62 Å². The van der Waals surface area contributed by atoms with Gasteiger partial charge in [0.15, 0.2) is 0 Å². The topological polar surface area (TPSA) is 97.7 Å². The van der Waals surface area contributed by atoms with Crippen molar-refractivity contribution in [2.24, 2.45) is 0 Å². The van der Waals surface area contributed by atoms with Crippen molar-refractivity contribution < 1.29 is 21.6 Å². The predicted octanol–water partition coefficient (Wildman–Crippen LogP) is 2.61. The molecule has 178 valence electrons. The zero-order chi connectivity index (χ0) is 23.6. The predicted molar refractivity (Wildman–Crippen MR) is 128 cm³/mol. The molecule has 0 bridgehead atoms. The van der Waals surface area contributed by atoms with Crippen LogP contribution in [0.3, 0.4) is 0 Å². The van der Waals surface area contributed by atoms with Gasteiger partial charge in [0.1, 0.15) is 4.90 Å². The molecule has 0 atom stereocenters. The third kappa shape index (κ3) is 4.85. The molecule has 10 heteroatoms. The van der Waals surface area contributed by atoms with E-state index in [1.807, 2.05) is 19.9 Å². The average molecular weight is 492 g/mol. The van der Waals surface area contributed by atoms with Gasteiger partial charge in [0.05, 0.1) is 23.6 Å². The van der Waals surface area contributed by atoms with Gasteiger partial charge in [-0.05, 0) is 29.7 Å². The Morgan fingerprint density at radius 1 is 0.970 bits per heavy atom. The van der Waals surface area contributed by atoms with Crippen LogP contribution >= 0.6 is 0 Å². The van der Waals surface area contributed by atoms with Crippen LogP contribution in [0.1, 0.15) is 25.3 Å². The minimum Gasteiger partial charge on any atom is -0.379 e. The minimum absolute atomic E-state index is 0.00581. The molecule has 0 aliphatic carbocycles. The molecule has 1 aliphatic rings. The van der Waals surface area contributed by atoms with Crippen LogP contribution in [0, 0.1) is 0 Å². The fourth-order valence-electron chi connectivity index (χ4n) is 4.08. The van der Waals surface area contributed by atoms with Gasteiger partial charge in [-0.3, -0.25) is 4.90 Å². The van der Waals surface area contributed by atoms with Gasteiger partial charge in [0.25, 0.3) is 10.0 Å². The Morgan fingerprint density at radius 2 is 1.67 bits per heavy atom. The van der Waals surface area contributed by atoms with Crippen molar-refractivity contribution in [2.75, 3.05) is 39.4 Å². The van der Waals surface area contributed by atoms with Crippen LogP contribution in [-0.4, -0.2) is 65.1 Å². The molecule has 1 aliphatic heterocycles. The SMILES string of the molecule is CC(C)c1cccc2c1c(S(=O)(=O)NCCN1CCOCC1)cn2S(=O)(=O)c1ccccc1. The highest BCUT2D eigenvalue weighted by Crippen LogP contribution is 2.34. The molecular weight excluding hydrogens is 462 g/mol. The maximum atomic E-state index is 13.4. The highest BCUT2D eigenvalue weighted by Gasteiger charge is 2.28. The first-order valence-corrected chi connectivity index (χ1v) is 13.9. The Hall–Kier alpha value is -2.24. The lowest BCUT2D eigenvalue weighted by Gasteiger charge is -2.26. The van der Waals surface area contributed by atoms with E-state index < -0.39 is 20.0 Å². The van der Waals surface area contributed by atoms with E-state index in [1.165, 1.54) is 18.3 Å². The van der Waals surface area contributed by atoms with Crippen LogP contribution in [0.25, 0.3) is 10.9 Å². The minimum atomic E-state index is -3.98. The summed E-state index contributed by atoms with van der Waals surface area (Å²) in [6, 6.07) is 13.3. The maximum Gasteiger partial charge on any atom is 0.268 e. The summed E-state index contributed by atoms with van der Waals surface area (Å²) >= 11 is 0. The summed E-state index contributed by atoms with van der Waals surface area (Å²) < 4.78 is 62.7. The van der Waals surface area contributed by atoms with Crippen molar-refractivity contribution in [1.29, 1.82) is 0 Å². The van der Waals surface area contributed by atoms with Crippen molar-refractivity contribution in [3.63, 3.8) is 0 Å². The molecular formula is C23H29N3O5S2. The van der Waals surface area contributed by atoms with Crippen molar-refractivity contribution in [2.45, 2.75) is 29.6 Å². The molecule has 0 saturated carbocycles. The molecule has 2 aromatic carbocycles. The third-order valence-corrected chi connectivity index (χ3v) is 8.99. The molecule has 33 heavy (non-hydrogen) atoms. The summed E-state index contributed by atoms with van der Waals surface area (Å²) in [5.41, 5.74) is 1.13. The van der Waals surface area contributed by atoms with E-state index >= 15 is 0 Å². The Morgan fingerprint density at radius 3 is 2.33 bits per heavy atom. The van der Waals surface area contributed by atoms with Gasteiger partial charge >= 0.3 is 0 Å². The second-order valence-corrected chi connectivity index (χ2v) is 11.9. The number of nitrogens with one attached hydrogen (secondary N) is 1. The number of nitrogens with zero attached hydrogens (tertiary/aromatic N) is 2. The lowest BCUT2D eigenvalue weighted by Crippen LogP contribution is -2.41. The first kappa shape index (κ1) is 23.9. The number of hydrogen-bond donors (Lipinski definition) is 1. The lowest BCUT2D eigenvalue weighted by molar-refractivity contribution is 0.0390. The third-order valence-electron chi connectivity index (χ3n) is 5.83. The van der Waals surface area contributed by atoms with Crippen LogP contribution < -0.4 is 4.72 Å². The largest absolute Gasteiger partial charge is 0.379 e. The van der Waals surface area contributed by atoms with E-state index in [9.17, 15) is 16.8 Å². The number of morpholine rings is 1. The quantitative estimate of drug-likeness (QED) is 0.520. The van der Waals surface area contributed by atoms with Gasteiger partial charge < -0.3 is 4.74 Å². The van der Waals surface area contributed by atoms with Gasteiger partial charge in [-0.15, -0.1) is 0 Å². The number of benzene rings is 2. The van der Waals surface area contributed by atoms with Gasteiger partial charge in [-0.1, -0.05) is 44.2 Å². The van der Waals surface area contributed by atoms with Crippen molar-refractivity contribution in [3.05, 3.63) is 60.3 Å². The highest BCUT2D eigenvalue weighted by molar-refractivity contribution is 7.91. The summed E-state index contributed by atoms with van der Waals surface area (Å²) in [5.74, 6) is 0.00581. The molecule has 0 amide bonds. The molecule has 1 aromatic heterocycles. The van der Waals surface area contributed by atoms with Crippen molar-refractivity contribution in [1.82, 2.24) is 13.6 Å². The normalized spacial score (nSPS) is 16.0. The Balaban J connectivity index is 1.77. The van der Waals surface area contributed by atoms with Crippen LogP contribution in [0.5, 0.6) is 0 Å². The Bertz CT molecular complexity index is 1330. The fraction of sp³-hybridized carbons (Fsp3) is 0.391. The van der Waals surface area contributed by atoms with Crippen molar-refractivity contribution in [3.8, 4) is 0 Å². The van der Waals surface area contributed by atoms with E-state index in [-0.39, 0.29) is 22.3 Å². The van der Waals surface area contributed by atoms with E-state index in [0.717, 1.165) is 22.6 Å². The smallest absolute Gasteiger partial charge is 0.268 e. The number of ether oxygens (including phenoxy) is 1. The molecule has 0 radical (unpaired) electrons. The molecule has 1 fully saturated rings. The van der Waals surface area contributed by atoms with E-state index in [1.54, 1.807) is 30.3 Å². The molecule has 4 rings (SSSR count). The molecule has 2 heterocycles. The van der Waals surface area contributed by atoms with Crippen LogP contribution in [0.4, 0.5) is 0 Å². The number of sulfonamides is 1. The Kier molecular flexibility index (Phi) is 6.92. The van der Waals surface area contributed by atoms with Gasteiger partial charge in [0.2, 0.25) is 10.0 Å². The summed E-state index contributed by atoms with van der Waals surface area (Å²) in [6.07, 6.45) is 1.23. The van der Waals surface area contributed by atoms with Crippen LogP contribution in [0.15, 0.2) is 64.5 Å². The second-order valence-electron chi connectivity index (χ2n) is 8.36. The molecule has 1 saturated heterocycles. The van der Waals surface area contributed by atoms with E-state index in [0.29, 0.717) is 30.7 Å². The summed E-state index contributed by atoms with van der Waals surface area (Å²) in [4.78, 5) is 2.21. The summed E-state index contributed by atoms with van der Waals surface area (Å²) in [5, 5.41) is 0.436. The first-order chi connectivity index (χ1) is 15.7. The van der Waals surface area contributed by atoms with Crippen LogP contribution in [0.2, 0.25) is 0 Å². The van der Waals surface area contributed by atoms with Gasteiger partial charge in [-0.2, -0.15) is 0 Å². The average Bonchev–Trinajstić information content (AvgIpc) is 3.22. The maximum absolute atomic E-state index is 13.4. The Labute approximate surface area is 195 Å². The molecule has 0 unspecified atom stereocenters. The lowest BCUT2D eigenvalue weighted by atomic mass is 9.99. The number of fused-ring (bicyclic) bond motifs is 1. The van der Waals surface area contributed by atoms with Gasteiger partial charge in [0, 0.05) is 37.8 Å². The highest BCUT2D eigenvalue weighted by atomic mass is 32.2. The standard InChI is InChI=1S/C23H29N3O5S2/c1-18(2)20-9-6-10-21-23(20)22(17-26(21)33(29,30)19-7-4-3-5-8-19)32(27,28)24-11-12-25-13-15-31-16-14-25/h3-10,17-18,24H,11-16H2,1-2H3. The molecule has 3 aromatic rings. The molecule has 0 spiro atoms. The summed E-state index contributed by atoms with van der Waals surface area (Å²) in [6.45, 7) is 7.48.